The largest absolute Gasteiger partial charge is 0.338 e. The summed E-state index contributed by atoms with van der Waals surface area (Å²) in [6.07, 6.45) is 1.38. The zero-order chi connectivity index (χ0) is 15.5. The number of imidazole rings is 1. The molecule has 0 radical (unpaired) electrons. The van der Waals surface area contributed by atoms with Gasteiger partial charge >= 0.3 is 0 Å². The van der Waals surface area contributed by atoms with Crippen molar-refractivity contribution >= 4 is 35.0 Å². The van der Waals surface area contributed by atoms with Crippen LogP contribution in [0.1, 0.15) is 25.3 Å². The van der Waals surface area contributed by atoms with Gasteiger partial charge in [-0.3, -0.25) is 4.79 Å². The minimum absolute atomic E-state index is 0. The monoisotopic (exact) mass is 329 g/mol. The van der Waals surface area contributed by atoms with Crippen molar-refractivity contribution in [2.45, 2.75) is 26.7 Å². The number of fused-ring (bicyclic) bond motifs is 1. The van der Waals surface area contributed by atoms with Gasteiger partial charge < -0.3 is 10.3 Å². The lowest BCUT2D eigenvalue weighted by Gasteiger charge is -2.05. The number of H-pyrrole nitrogens is 1. The average Bonchev–Trinajstić information content (AvgIpc) is 2.90. The van der Waals surface area contributed by atoms with Crippen molar-refractivity contribution < 1.29 is 4.79 Å². The van der Waals surface area contributed by atoms with Crippen molar-refractivity contribution in [3.63, 3.8) is 0 Å². The lowest BCUT2D eigenvalue weighted by atomic mass is 10.2. The molecular weight excluding hydrogens is 310 g/mol. The lowest BCUT2D eigenvalue weighted by Crippen LogP contribution is -2.10. The number of aromatic amines is 1. The predicted octanol–water partition coefficient (Wildman–Crippen LogP) is 4.70. The standard InChI is InChI=1S/C18H19N3O.ClH/c1-3-5-17(22)19-14-7-4-6-13(11-14)18-20-15-9-8-12(2)10-16(15)21-18;/h4,6-11H,3,5H2,1-2H3,(H,19,22)(H,20,21);1H. The first-order valence-electron chi connectivity index (χ1n) is 7.52. The normalized spacial score (nSPS) is 10.3. The molecule has 1 amide bonds. The molecule has 5 heteroatoms. The summed E-state index contributed by atoms with van der Waals surface area (Å²) in [5, 5.41) is 2.92. The number of halogens is 1. The molecule has 0 spiro atoms. The average molecular weight is 330 g/mol. The van der Waals surface area contributed by atoms with Gasteiger partial charge in [-0.2, -0.15) is 0 Å². The van der Waals surface area contributed by atoms with Crippen molar-refractivity contribution in [3.8, 4) is 11.4 Å². The van der Waals surface area contributed by atoms with Gasteiger partial charge in [-0.15, -0.1) is 12.4 Å². The maximum absolute atomic E-state index is 11.7. The van der Waals surface area contributed by atoms with E-state index in [1.54, 1.807) is 0 Å². The van der Waals surface area contributed by atoms with Crippen LogP contribution in [-0.4, -0.2) is 15.9 Å². The second kappa shape index (κ2) is 7.29. The molecule has 0 bridgehead atoms. The molecular formula is C18H20ClN3O. The summed E-state index contributed by atoms with van der Waals surface area (Å²) >= 11 is 0. The molecule has 3 rings (SSSR count). The number of aromatic nitrogens is 2. The maximum Gasteiger partial charge on any atom is 0.224 e. The number of nitrogens with one attached hydrogen (secondary N) is 2. The van der Waals surface area contributed by atoms with Crippen LogP contribution in [0.2, 0.25) is 0 Å². The van der Waals surface area contributed by atoms with E-state index >= 15 is 0 Å². The Morgan fingerprint density at radius 1 is 1.22 bits per heavy atom. The van der Waals surface area contributed by atoms with Crippen molar-refractivity contribution in [2.24, 2.45) is 0 Å². The number of hydrogen-bond acceptors (Lipinski definition) is 2. The topological polar surface area (TPSA) is 57.8 Å². The molecule has 0 atom stereocenters. The summed E-state index contributed by atoms with van der Waals surface area (Å²) in [5.74, 6) is 0.854. The Bertz CT molecular complexity index is 826. The Balaban J connectivity index is 0.00000192. The molecule has 0 fully saturated rings. The number of hydrogen-bond donors (Lipinski definition) is 2. The molecule has 120 valence electrons. The molecule has 0 unspecified atom stereocenters. The van der Waals surface area contributed by atoms with Crippen LogP contribution < -0.4 is 5.32 Å². The quantitative estimate of drug-likeness (QED) is 0.729. The molecule has 1 heterocycles. The number of carbonyl (C=O) groups excluding carboxylic acids is 1. The Hall–Kier alpha value is -2.33. The smallest absolute Gasteiger partial charge is 0.224 e. The van der Waals surface area contributed by atoms with Gasteiger partial charge in [0.2, 0.25) is 5.91 Å². The summed E-state index contributed by atoms with van der Waals surface area (Å²) in [7, 11) is 0. The van der Waals surface area contributed by atoms with Crippen LogP contribution in [0, 0.1) is 6.92 Å². The molecule has 0 aliphatic heterocycles. The Kier molecular flexibility index (Phi) is 5.40. The molecule has 4 nitrogen and oxygen atoms in total. The van der Waals surface area contributed by atoms with E-state index in [1.807, 2.05) is 43.3 Å². The van der Waals surface area contributed by atoms with Crippen LogP contribution in [0.25, 0.3) is 22.4 Å². The van der Waals surface area contributed by atoms with Crippen LogP contribution >= 0.6 is 12.4 Å². The number of amides is 1. The van der Waals surface area contributed by atoms with E-state index < -0.39 is 0 Å². The number of aryl methyl sites for hydroxylation is 1. The van der Waals surface area contributed by atoms with Gasteiger partial charge in [-0.05, 0) is 43.2 Å². The number of anilines is 1. The summed E-state index contributed by atoms with van der Waals surface area (Å²) in [5.41, 5.74) is 4.93. The summed E-state index contributed by atoms with van der Waals surface area (Å²) in [6, 6.07) is 13.9. The summed E-state index contributed by atoms with van der Waals surface area (Å²) in [6.45, 7) is 4.05. The van der Waals surface area contributed by atoms with E-state index in [1.165, 1.54) is 5.56 Å². The Morgan fingerprint density at radius 2 is 2.04 bits per heavy atom. The third-order valence-corrected chi connectivity index (χ3v) is 3.53. The molecule has 1 aromatic heterocycles. The second-order valence-corrected chi connectivity index (χ2v) is 5.48. The second-order valence-electron chi connectivity index (χ2n) is 5.48. The van der Waals surface area contributed by atoms with Crippen LogP contribution in [0.3, 0.4) is 0 Å². The highest BCUT2D eigenvalue weighted by Crippen LogP contribution is 2.23. The molecule has 2 aromatic carbocycles. The zero-order valence-corrected chi connectivity index (χ0v) is 14.0. The van der Waals surface area contributed by atoms with Crippen LogP contribution in [0.4, 0.5) is 5.69 Å². The van der Waals surface area contributed by atoms with Gasteiger partial charge in [0, 0.05) is 17.7 Å². The molecule has 0 aliphatic carbocycles. The van der Waals surface area contributed by atoms with E-state index in [4.69, 9.17) is 0 Å². The van der Waals surface area contributed by atoms with Crippen molar-refractivity contribution in [1.82, 2.24) is 9.97 Å². The van der Waals surface area contributed by atoms with E-state index in [-0.39, 0.29) is 18.3 Å². The van der Waals surface area contributed by atoms with Gasteiger partial charge in [-0.1, -0.05) is 25.1 Å². The summed E-state index contributed by atoms with van der Waals surface area (Å²) in [4.78, 5) is 19.7. The first-order chi connectivity index (χ1) is 10.7. The minimum atomic E-state index is 0. The highest BCUT2D eigenvalue weighted by molar-refractivity contribution is 5.91. The van der Waals surface area contributed by atoms with Crippen molar-refractivity contribution in [1.29, 1.82) is 0 Å². The van der Waals surface area contributed by atoms with Gasteiger partial charge in [0.15, 0.2) is 0 Å². The fraction of sp³-hybridized carbons (Fsp3) is 0.222. The predicted molar refractivity (Wildman–Crippen MR) is 97.1 cm³/mol. The fourth-order valence-corrected chi connectivity index (χ4v) is 2.45. The van der Waals surface area contributed by atoms with E-state index in [2.05, 4.69) is 28.3 Å². The number of rotatable bonds is 4. The highest BCUT2D eigenvalue weighted by Gasteiger charge is 2.07. The van der Waals surface area contributed by atoms with Crippen molar-refractivity contribution in [3.05, 3.63) is 48.0 Å². The molecule has 0 saturated heterocycles. The van der Waals surface area contributed by atoms with Gasteiger partial charge in [0.1, 0.15) is 5.82 Å². The van der Waals surface area contributed by atoms with Crippen molar-refractivity contribution in [2.75, 3.05) is 5.32 Å². The molecule has 0 saturated carbocycles. The molecule has 3 aromatic rings. The Morgan fingerprint density at radius 3 is 2.83 bits per heavy atom. The molecule has 2 N–H and O–H groups in total. The van der Waals surface area contributed by atoms with Gasteiger partial charge in [0.05, 0.1) is 11.0 Å². The number of carbonyl (C=O) groups is 1. The van der Waals surface area contributed by atoms with Gasteiger partial charge in [-0.25, -0.2) is 4.98 Å². The first-order valence-corrected chi connectivity index (χ1v) is 7.52. The summed E-state index contributed by atoms with van der Waals surface area (Å²) < 4.78 is 0. The van der Waals surface area contributed by atoms with Crippen LogP contribution in [0.5, 0.6) is 0 Å². The van der Waals surface area contributed by atoms with Crippen LogP contribution in [0.15, 0.2) is 42.5 Å². The lowest BCUT2D eigenvalue weighted by molar-refractivity contribution is -0.116. The van der Waals surface area contributed by atoms with Gasteiger partial charge in [0.25, 0.3) is 0 Å². The zero-order valence-electron chi connectivity index (χ0n) is 13.2. The Labute approximate surface area is 141 Å². The number of benzene rings is 2. The fourth-order valence-electron chi connectivity index (χ4n) is 2.45. The number of nitrogens with zero attached hydrogens (tertiary/aromatic N) is 1. The van der Waals surface area contributed by atoms with Crippen LogP contribution in [-0.2, 0) is 4.79 Å². The molecule has 0 aliphatic rings. The van der Waals surface area contributed by atoms with E-state index in [0.717, 1.165) is 34.5 Å². The highest BCUT2D eigenvalue weighted by atomic mass is 35.5. The van der Waals surface area contributed by atoms with E-state index in [0.29, 0.717) is 6.42 Å². The third-order valence-electron chi connectivity index (χ3n) is 3.53. The van der Waals surface area contributed by atoms with E-state index in [9.17, 15) is 4.79 Å². The first kappa shape index (κ1) is 17.0. The molecule has 23 heavy (non-hydrogen) atoms. The SMILES string of the molecule is CCCC(=O)Nc1cccc(-c2nc3ccc(C)cc3[nH]2)c1.Cl. The minimum Gasteiger partial charge on any atom is -0.338 e. The maximum atomic E-state index is 11.7. The third kappa shape index (κ3) is 3.90.